The molecule has 0 bridgehead atoms. The lowest BCUT2D eigenvalue weighted by atomic mass is 10.2. The van der Waals surface area contributed by atoms with Crippen LogP contribution in [0.25, 0.3) is 16.2 Å². The maximum absolute atomic E-state index is 13.2. The van der Waals surface area contributed by atoms with Crippen molar-refractivity contribution in [3.05, 3.63) is 69.7 Å². The van der Waals surface area contributed by atoms with Crippen LogP contribution in [0.5, 0.6) is 0 Å². The summed E-state index contributed by atoms with van der Waals surface area (Å²) in [6.45, 7) is 3.50. The fourth-order valence-electron chi connectivity index (χ4n) is 3.16. The van der Waals surface area contributed by atoms with Gasteiger partial charge in [-0.1, -0.05) is 13.0 Å². The fraction of sp³-hybridized carbons (Fsp3) is 0.238. The van der Waals surface area contributed by atoms with E-state index in [0.717, 1.165) is 46.2 Å². The number of halogens is 1. The molecule has 0 N–H and O–H groups in total. The molecule has 4 nitrogen and oxygen atoms in total. The zero-order chi connectivity index (χ0) is 19.5. The van der Waals surface area contributed by atoms with E-state index >= 15 is 0 Å². The van der Waals surface area contributed by atoms with Gasteiger partial charge in [-0.05, 0) is 42.1 Å². The van der Waals surface area contributed by atoms with Gasteiger partial charge in [-0.15, -0.1) is 22.7 Å². The van der Waals surface area contributed by atoms with Crippen molar-refractivity contribution in [3.63, 3.8) is 0 Å². The second kappa shape index (κ2) is 8.24. The molecule has 0 saturated heterocycles. The number of rotatable bonds is 7. The molecule has 28 heavy (non-hydrogen) atoms. The number of hydrogen-bond donors (Lipinski definition) is 0. The van der Waals surface area contributed by atoms with Crippen molar-refractivity contribution in [2.75, 3.05) is 13.1 Å². The highest BCUT2D eigenvalue weighted by atomic mass is 32.1. The van der Waals surface area contributed by atoms with E-state index in [1.54, 1.807) is 23.5 Å². The Bertz CT molecular complexity index is 1070. The van der Waals surface area contributed by atoms with Gasteiger partial charge in [0.25, 0.3) is 5.91 Å². The van der Waals surface area contributed by atoms with Crippen molar-refractivity contribution in [2.45, 2.75) is 19.8 Å². The van der Waals surface area contributed by atoms with Crippen molar-refractivity contribution in [3.8, 4) is 11.3 Å². The Morgan fingerprint density at radius 3 is 2.71 bits per heavy atom. The maximum Gasteiger partial charge on any atom is 0.263 e. The number of thiophene rings is 1. The van der Waals surface area contributed by atoms with E-state index in [-0.39, 0.29) is 11.7 Å². The van der Waals surface area contributed by atoms with E-state index < -0.39 is 0 Å². The number of imidazole rings is 1. The summed E-state index contributed by atoms with van der Waals surface area (Å²) in [5.41, 5.74) is 2.85. The van der Waals surface area contributed by atoms with Crippen LogP contribution < -0.4 is 0 Å². The van der Waals surface area contributed by atoms with E-state index in [1.165, 1.54) is 23.5 Å². The Labute approximate surface area is 170 Å². The van der Waals surface area contributed by atoms with Crippen LogP contribution in [0.3, 0.4) is 0 Å². The van der Waals surface area contributed by atoms with E-state index in [4.69, 9.17) is 0 Å². The summed E-state index contributed by atoms with van der Waals surface area (Å²) < 4.78 is 15.2. The molecule has 0 aliphatic carbocycles. The molecule has 1 amide bonds. The van der Waals surface area contributed by atoms with Gasteiger partial charge in [0, 0.05) is 42.3 Å². The molecule has 3 aromatic heterocycles. The number of nitrogens with zero attached hydrogens (tertiary/aromatic N) is 3. The molecule has 0 saturated carbocycles. The summed E-state index contributed by atoms with van der Waals surface area (Å²) in [4.78, 5) is 21.0. The van der Waals surface area contributed by atoms with Gasteiger partial charge < -0.3 is 4.90 Å². The molecule has 0 unspecified atom stereocenters. The molecular weight excluding hydrogens is 393 g/mol. The molecule has 144 valence electrons. The quantitative estimate of drug-likeness (QED) is 0.409. The maximum atomic E-state index is 13.2. The first-order chi connectivity index (χ1) is 13.7. The van der Waals surface area contributed by atoms with Crippen LogP contribution in [0.2, 0.25) is 0 Å². The van der Waals surface area contributed by atoms with Gasteiger partial charge in [-0.25, -0.2) is 9.37 Å². The number of hydrogen-bond acceptors (Lipinski definition) is 4. The predicted octanol–water partition coefficient (Wildman–Crippen LogP) is 5.36. The zero-order valence-corrected chi connectivity index (χ0v) is 17.1. The third-order valence-corrected chi connectivity index (χ3v) is 6.32. The number of carbonyl (C=O) groups excluding carboxylic acids is 1. The average Bonchev–Trinajstić information content (AvgIpc) is 3.43. The van der Waals surface area contributed by atoms with Gasteiger partial charge in [-0.3, -0.25) is 9.20 Å². The number of carbonyl (C=O) groups is 1. The summed E-state index contributed by atoms with van der Waals surface area (Å²) in [7, 11) is 0. The second-order valence-corrected chi connectivity index (χ2v) is 8.32. The van der Waals surface area contributed by atoms with Gasteiger partial charge >= 0.3 is 0 Å². The number of benzene rings is 1. The van der Waals surface area contributed by atoms with E-state index in [0.29, 0.717) is 6.54 Å². The molecule has 0 aliphatic rings. The molecule has 4 aromatic rings. The van der Waals surface area contributed by atoms with Gasteiger partial charge in [-0.2, -0.15) is 0 Å². The highest BCUT2D eigenvalue weighted by Gasteiger charge is 2.17. The molecule has 0 fully saturated rings. The Morgan fingerprint density at radius 2 is 2.00 bits per heavy atom. The van der Waals surface area contributed by atoms with Crippen LogP contribution in [0, 0.1) is 5.82 Å². The van der Waals surface area contributed by atoms with Crippen LogP contribution in [-0.2, 0) is 6.42 Å². The minimum Gasteiger partial charge on any atom is -0.338 e. The van der Waals surface area contributed by atoms with Crippen LogP contribution in [-0.4, -0.2) is 33.3 Å². The van der Waals surface area contributed by atoms with Crippen molar-refractivity contribution < 1.29 is 9.18 Å². The molecule has 1 aromatic carbocycles. The number of amides is 1. The van der Waals surface area contributed by atoms with E-state index in [9.17, 15) is 9.18 Å². The minimum absolute atomic E-state index is 0.0981. The standard InChI is InChI=1S/C21H20FN3OS2/c1-2-10-24(20(26)19-4-3-12-27-19)11-9-17-14-28-21-23-18(13-25(17)21)15-5-7-16(22)8-6-15/h3-8,12-14H,2,9-11H2,1H3. The van der Waals surface area contributed by atoms with Crippen LogP contribution >= 0.6 is 22.7 Å². The lowest BCUT2D eigenvalue weighted by molar-refractivity contribution is 0.0762. The van der Waals surface area contributed by atoms with Crippen LogP contribution in [0.1, 0.15) is 28.7 Å². The molecule has 4 rings (SSSR count). The smallest absolute Gasteiger partial charge is 0.263 e. The summed E-state index contributed by atoms with van der Waals surface area (Å²) in [5.74, 6) is -0.155. The molecule has 0 atom stereocenters. The highest BCUT2D eigenvalue weighted by Crippen LogP contribution is 2.24. The largest absolute Gasteiger partial charge is 0.338 e. The lowest BCUT2D eigenvalue weighted by Gasteiger charge is -2.21. The molecule has 7 heteroatoms. The topological polar surface area (TPSA) is 37.6 Å². The first-order valence-corrected chi connectivity index (χ1v) is 11.0. The van der Waals surface area contributed by atoms with Crippen molar-refractivity contribution >= 4 is 33.5 Å². The number of fused-ring (bicyclic) bond motifs is 1. The molecule has 3 heterocycles. The van der Waals surface area contributed by atoms with Crippen molar-refractivity contribution in [1.29, 1.82) is 0 Å². The molecular formula is C21H20FN3OS2. The fourth-order valence-corrected chi connectivity index (χ4v) is 4.76. The second-order valence-electron chi connectivity index (χ2n) is 6.53. The zero-order valence-electron chi connectivity index (χ0n) is 15.5. The minimum atomic E-state index is -0.253. The Morgan fingerprint density at radius 1 is 1.18 bits per heavy atom. The number of aromatic nitrogens is 2. The Balaban J connectivity index is 1.52. The third kappa shape index (κ3) is 3.86. The normalized spacial score (nSPS) is 11.2. The first-order valence-electron chi connectivity index (χ1n) is 9.20. The van der Waals surface area contributed by atoms with Crippen LogP contribution in [0.15, 0.2) is 53.4 Å². The summed E-state index contributed by atoms with van der Waals surface area (Å²) in [6.07, 6.45) is 3.67. The van der Waals surface area contributed by atoms with Gasteiger partial charge in [0.05, 0.1) is 10.6 Å². The molecule has 0 spiro atoms. The van der Waals surface area contributed by atoms with Gasteiger partial charge in [0.1, 0.15) is 5.82 Å². The predicted molar refractivity (Wildman–Crippen MR) is 113 cm³/mol. The Hall–Kier alpha value is -2.51. The summed E-state index contributed by atoms with van der Waals surface area (Å²) in [6, 6.07) is 10.2. The third-order valence-electron chi connectivity index (χ3n) is 4.57. The SMILES string of the molecule is CCCN(CCc1csc2nc(-c3ccc(F)cc3)cn12)C(=O)c1cccs1. The van der Waals surface area contributed by atoms with Gasteiger partial charge in [0.15, 0.2) is 4.96 Å². The highest BCUT2D eigenvalue weighted by molar-refractivity contribution is 7.15. The average molecular weight is 414 g/mol. The van der Waals surface area contributed by atoms with E-state index in [2.05, 4.69) is 21.7 Å². The lowest BCUT2D eigenvalue weighted by Crippen LogP contribution is -2.33. The van der Waals surface area contributed by atoms with Crippen LogP contribution in [0.4, 0.5) is 4.39 Å². The first kappa shape index (κ1) is 18.8. The monoisotopic (exact) mass is 413 g/mol. The summed E-state index contributed by atoms with van der Waals surface area (Å²) >= 11 is 3.06. The van der Waals surface area contributed by atoms with E-state index in [1.807, 2.05) is 28.6 Å². The van der Waals surface area contributed by atoms with Gasteiger partial charge in [0.2, 0.25) is 0 Å². The Kier molecular flexibility index (Phi) is 5.54. The molecule has 0 aliphatic heterocycles. The molecule has 0 radical (unpaired) electrons. The van der Waals surface area contributed by atoms with Crippen molar-refractivity contribution in [2.24, 2.45) is 0 Å². The number of thiazole rings is 1. The van der Waals surface area contributed by atoms with Crippen molar-refractivity contribution in [1.82, 2.24) is 14.3 Å². The summed E-state index contributed by atoms with van der Waals surface area (Å²) in [5, 5.41) is 4.03.